The van der Waals surface area contributed by atoms with Crippen LogP contribution >= 0.6 is 0 Å². The molecule has 0 aromatic heterocycles. The SMILES string of the molecule is CCC(CC)C(O)CNC(C)CC(=O)Nc1cccc(F)c1. The van der Waals surface area contributed by atoms with Gasteiger partial charge in [-0.1, -0.05) is 32.8 Å². The molecule has 124 valence electrons. The smallest absolute Gasteiger partial charge is 0.225 e. The molecule has 1 aromatic rings. The Balaban J connectivity index is 2.35. The van der Waals surface area contributed by atoms with Crippen LogP contribution in [0.5, 0.6) is 0 Å². The summed E-state index contributed by atoms with van der Waals surface area (Å²) in [5.41, 5.74) is 0.453. The molecule has 2 unspecified atom stereocenters. The molecule has 0 saturated carbocycles. The molecule has 0 radical (unpaired) electrons. The van der Waals surface area contributed by atoms with E-state index in [1.165, 1.54) is 12.1 Å². The molecule has 0 saturated heterocycles. The molecule has 1 amide bonds. The van der Waals surface area contributed by atoms with Crippen LogP contribution in [0.2, 0.25) is 0 Å². The third kappa shape index (κ3) is 6.54. The zero-order valence-corrected chi connectivity index (χ0v) is 13.6. The molecule has 0 aliphatic rings. The molecular formula is C17H27FN2O2. The van der Waals surface area contributed by atoms with Crippen LogP contribution in [0.3, 0.4) is 0 Å². The first-order valence-corrected chi connectivity index (χ1v) is 7.93. The van der Waals surface area contributed by atoms with Crippen molar-refractivity contribution in [2.24, 2.45) is 5.92 Å². The van der Waals surface area contributed by atoms with Gasteiger partial charge in [0.05, 0.1) is 6.10 Å². The van der Waals surface area contributed by atoms with Crippen molar-refractivity contribution in [1.82, 2.24) is 5.32 Å². The number of amides is 1. The molecule has 0 bridgehead atoms. The zero-order chi connectivity index (χ0) is 16.5. The van der Waals surface area contributed by atoms with Crippen molar-refractivity contribution in [2.45, 2.75) is 52.2 Å². The summed E-state index contributed by atoms with van der Waals surface area (Å²) in [5, 5.41) is 15.9. The Morgan fingerprint density at radius 2 is 2.00 bits per heavy atom. The number of hydrogen-bond donors (Lipinski definition) is 3. The predicted molar refractivity (Wildman–Crippen MR) is 87.2 cm³/mol. The minimum absolute atomic E-state index is 0.0578. The molecule has 22 heavy (non-hydrogen) atoms. The summed E-state index contributed by atoms with van der Waals surface area (Å²) in [6.45, 7) is 6.49. The number of halogens is 1. The Bertz CT molecular complexity index is 464. The van der Waals surface area contributed by atoms with Crippen LogP contribution in [0.4, 0.5) is 10.1 Å². The number of aliphatic hydroxyl groups is 1. The maximum atomic E-state index is 13.0. The highest BCUT2D eigenvalue weighted by molar-refractivity contribution is 5.91. The van der Waals surface area contributed by atoms with E-state index in [0.29, 0.717) is 12.2 Å². The molecule has 0 heterocycles. The summed E-state index contributed by atoms with van der Waals surface area (Å²) in [6, 6.07) is 5.76. The number of anilines is 1. The van der Waals surface area contributed by atoms with Crippen molar-refractivity contribution in [1.29, 1.82) is 0 Å². The number of nitrogens with one attached hydrogen (secondary N) is 2. The second kappa shape index (κ2) is 9.54. The predicted octanol–water partition coefficient (Wildman–Crippen LogP) is 2.93. The second-order valence-electron chi connectivity index (χ2n) is 5.72. The summed E-state index contributed by atoms with van der Waals surface area (Å²) in [5.74, 6) is -0.277. The van der Waals surface area contributed by atoms with Gasteiger partial charge in [-0.2, -0.15) is 0 Å². The van der Waals surface area contributed by atoms with Crippen LogP contribution in [-0.2, 0) is 4.79 Å². The summed E-state index contributed by atoms with van der Waals surface area (Å²) in [7, 11) is 0. The van der Waals surface area contributed by atoms with E-state index in [2.05, 4.69) is 24.5 Å². The average molecular weight is 310 g/mol. The van der Waals surface area contributed by atoms with Crippen molar-refractivity contribution in [3.8, 4) is 0 Å². The van der Waals surface area contributed by atoms with E-state index in [1.807, 2.05) is 6.92 Å². The first kappa shape index (κ1) is 18.6. The van der Waals surface area contributed by atoms with Crippen LogP contribution in [0, 0.1) is 11.7 Å². The lowest BCUT2D eigenvalue weighted by atomic mass is 9.96. The van der Waals surface area contributed by atoms with Crippen molar-refractivity contribution in [3.05, 3.63) is 30.1 Å². The van der Waals surface area contributed by atoms with Gasteiger partial charge >= 0.3 is 0 Å². The Morgan fingerprint density at radius 1 is 1.32 bits per heavy atom. The molecule has 4 nitrogen and oxygen atoms in total. The molecule has 3 N–H and O–H groups in total. The van der Waals surface area contributed by atoms with Gasteiger partial charge in [0.1, 0.15) is 5.82 Å². The molecule has 1 aromatic carbocycles. The highest BCUT2D eigenvalue weighted by Crippen LogP contribution is 2.13. The van der Waals surface area contributed by atoms with Gasteiger partial charge < -0.3 is 15.7 Å². The summed E-state index contributed by atoms with van der Waals surface area (Å²) < 4.78 is 13.0. The average Bonchev–Trinajstić information content (AvgIpc) is 2.46. The van der Waals surface area contributed by atoms with Crippen LogP contribution in [0.1, 0.15) is 40.0 Å². The molecule has 5 heteroatoms. The zero-order valence-electron chi connectivity index (χ0n) is 13.6. The maximum absolute atomic E-state index is 13.0. The van der Waals surface area contributed by atoms with E-state index in [9.17, 15) is 14.3 Å². The van der Waals surface area contributed by atoms with E-state index >= 15 is 0 Å². The van der Waals surface area contributed by atoms with Crippen LogP contribution in [0.15, 0.2) is 24.3 Å². The number of benzene rings is 1. The largest absolute Gasteiger partial charge is 0.392 e. The number of carbonyl (C=O) groups is 1. The quantitative estimate of drug-likeness (QED) is 0.657. The van der Waals surface area contributed by atoms with E-state index in [4.69, 9.17) is 0 Å². The standard InChI is InChI=1S/C17H27FN2O2/c1-4-13(5-2)16(21)11-19-12(3)9-17(22)20-15-8-6-7-14(18)10-15/h6-8,10,12-13,16,19,21H,4-5,9,11H2,1-3H3,(H,20,22). The molecule has 1 rings (SSSR count). The van der Waals surface area contributed by atoms with Gasteiger partial charge in [-0.25, -0.2) is 4.39 Å². The molecular weight excluding hydrogens is 283 g/mol. The van der Waals surface area contributed by atoms with Crippen molar-refractivity contribution in [3.63, 3.8) is 0 Å². The first-order valence-electron chi connectivity index (χ1n) is 7.93. The lowest BCUT2D eigenvalue weighted by molar-refractivity contribution is -0.116. The van der Waals surface area contributed by atoms with Gasteiger partial charge in [-0.3, -0.25) is 4.79 Å². The van der Waals surface area contributed by atoms with Gasteiger partial charge in [-0.05, 0) is 31.0 Å². The molecule has 0 aliphatic carbocycles. The fourth-order valence-corrected chi connectivity index (χ4v) is 2.45. The molecule has 0 fully saturated rings. The highest BCUT2D eigenvalue weighted by Gasteiger charge is 2.17. The number of aliphatic hydroxyl groups excluding tert-OH is 1. The molecule has 0 aliphatic heterocycles. The third-order valence-corrected chi connectivity index (χ3v) is 3.87. The third-order valence-electron chi connectivity index (χ3n) is 3.87. The molecule has 2 atom stereocenters. The topological polar surface area (TPSA) is 61.4 Å². The molecule has 0 spiro atoms. The lowest BCUT2D eigenvalue weighted by Crippen LogP contribution is -2.38. The monoisotopic (exact) mass is 310 g/mol. The fourth-order valence-electron chi connectivity index (χ4n) is 2.45. The minimum Gasteiger partial charge on any atom is -0.392 e. The second-order valence-corrected chi connectivity index (χ2v) is 5.72. The van der Waals surface area contributed by atoms with Crippen LogP contribution in [-0.4, -0.2) is 29.7 Å². The van der Waals surface area contributed by atoms with E-state index in [1.54, 1.807) is 12.1 Å². The fraction of sp³-hybridized carbons (Fsp3) is 0.588. The first-order chi connectivity index (χ1) is 10.5. The Morgan fingerprint density at radius 3 is 2.59 bits per heavy atom. The van der Waals surface area contributed by atoms with Crippen LogP contribution in [0.25, 0.3) is 0 Å². The highest BCUT2D eigenvalue weighted by atomic mass is 19.1. The van der Waals surface area contributed by atoms with Gasteiger partial charge in [0.2, 0.25) is 5.91 Å². The van der Waals surface area contributed by atoms with Crippen molar-refractivity contribution >= 4 is 11.6 Å². The summed E-state index contributed by atoms with van der Waals surface area (Å²) >= 11 is 0. The van der Waals surface area contributed by atoms with Crippen molar-refractivity contribution < 1.29 is 14.3 Å². The number of rotatable bonds is 9. The minimum atomic E-state index is -0.399. The van der Waals surface area contributed by atoms with E-state index in [0.717, 1.165) is 12.8 Å². The Kier molecular flexibility index (Phi) is 8.06. The number of hydrogen-bond acceptors (Lipinski definition) is 3. The Labute approximate surface area is 132 Å². The van der Waals surface area contributed by atoms with Crippen LogP contribution < -0.4 is 10.6 Å². The normalized spacial score (nSPS) is 13.9. The van der Waals surface area contributed by atoms with E-state index < -0.39 is 6.10 Å². The van der Waals surface area contributed by atoms with Gasteiger partial charge in [0, 0.05) is 24.7 Å². The number of carbonyl (C=O) groups excluding carboxylic acids is 1. The summed E-state index contributed by atoms with van der Waals surface area (Å²) in [4.78, 5) is 11.9. The van der Waals surface area contributed by atoms with Crippen molar-refractivity contribution in [2.75, 3.05) is 11.9 Å². The summed E-state index contributed by atoms with van der Waals surface area (Å²) in [6.07, 6.45) is 1.75. The van der Waals surface area contributed by atoms with E-state index in [-0.39, 0.29) is 30.1 Å². The lowest BCUT2D eigenvalue weighted by Gasteiger charge is -2.22. The maximum Gasteiger partial charge on any atom is 0.225 e. The van der Waals surface area contributed by atoms with Gasteiger partial charge in [-0.15, -0.1) is 0 Å². The van der Waals surface area contributed by atoms with Gasteiger partial charge in [0.15, 0.2) is 0 Å². The van der Waals surface area contributed by atoms with Gasteiger partial charge in [0.25, 0.3) is 0 Å². The Hall–Kier alpha value is -1.46.